The molecule has 1 aromatic heterocycles. The molecule has 1 aliphatic heterocycles. The van der Waals surface area contributed by atoms with E-state index >= 15 is 0 Å². The molecule has 5 heteroatoms. The SMILES string of the molecule is C[Si](C)(C)CCOCn1ccc2ccc(C3(O)COC3)cc21. The van der Waals surface area contributed by atoms with Gasteiger partial charge in [0.25, 0.3) is 0 Å². The standard InChI is InChI=1S/C17H25NO3Si/c1-22(2,3)9-8-20-13-18-7-6-14-4-5-15(10-16(14)18)17(19)11-21-12-17/h4-7,10,19H,8-9,11-13H2,1-3H3. The van der Waals surface area contributed by atoms with E-state index in [1.807, 2.05) is 12.3 Å². The lowest BCUT2D eigenvalue weighted by atomic mass is 9.91. The van der Waals surface area contributed by atoms with Crippen LogP contribution in [0.2, 0.25) is 25.7 Å². The van der Waals surface area contributed by atoms with Crippen LogP contribution in [0.4, 0.5) is 0 Å². The van der Waals surface area contributed by atoms with Gasteiger partial charge in [0.15, 0.2) is 0 Å². The first-order chi connectivity index (χ1) is 10.4. The quantitative estimate of drug-likeness (QED) is 0.657. The second-order valence-corrected chi connectivity index (χ2v) is 13.1. The monoisotopic (exact) mass is 319 g/mol. The zero-order valence-electron chi connectivity index (χ0n) is 13.6. The molecule has 1 aliphatic rings. The molecule has 1 N–H and O–H groups in total. The van der Waals surface area contributed by atoms with Gasteiger partial charge in [-0.15, -0.1) is 0 Å². The van der Waals surface area contributed by atoms with Crippen molar-refractivity contribution in [3.05, 3.63) is 36.0 Å². The second-order valence-electron chi connectivity index (χ2n) is 7.43. The Morgan fingerprint density at radius 1 is 1.27 bits per heavy atom. The van der Waals surface area contributed by atoms with E-state index in [1.165, 1.54) is 11.4 Å². The molecular formula is C17H25NO3Si. The Hall–Kier alpha value is -1.14. The molecule has 0 amide bonds. The lowest BCUT2D eigenvalue weighted by molar-refractivity contribution is -0.184. The van der Waals surface area contributed by atoms with Crippen molar-refractivity contribution in [3.8, 4) is 0 Å². The molecule has 0 saturated carbocycles. The van der Waals surface area contributed by atoms with E-state index in [2.05, 4.69) is 42.4 Å². The summed E-state index contributed by atoms with van der Waals surface area (Å²) in [7, 11) is -1.05. The number of benzene rings is 1. The smallest absolute Gasteiger partial charge is 0.136 e. The second kappa shape index (κ2) is 5.81. The van der Waals surface area contributed by atoms with Crippen LogP contribution in [0.3, 0.4) is 0 Å². The van der Waals surface area contributed by atoms with Gasteiger partial charge in [0.05, 0.1) is 18.7 Å². The van der Waals surface area contributed by atoms with Gasteiger partial charge >= 0.3 is 0 Å². The first-order valence-electron chi connectivity index (χ1n) is 7.85. The fourth-order valence-corrected chi connectivity index (χ4v) is 3.35. The first kappa shape index (κ1) is 15.7. The van der Waals surface area contributed by atoms with Gasteiger partial charge in [-0.25, -0.2) is 0 Å². The average Bonchev–Trinajstić information content (AvgIpc) is 2.82. The fraction of sp³-hybridized carbons (Fsp3) is 0.529. The maximum absolute atomic E-state index is 10.4. The summed E-state index contributed by atoms with van der Waals surface area (Å²) in [5.41, 5.74) is 1.21. The van der Waals surface area contributed by atoms with Crippen molar-refractivity contribution in [2.45, 2.75) is 38.0 Å². The summed E-state index contributed by atoms with van der Waals surface area (Å²) in [6, 6.07) is 9.36. The van der Waals surface area contributed by atoms with E-state index in [0.29, 0.717) is 19.9 Å². The minimum absolute atomic E-state index is 0.381. The molecule has 120 valence electrons. The molecule has 1 fully saturated rings. The van der Waals surface area contributed by atoms with Gasteiger partial charge in [0.1, 0.15) is 12.3 Å². The molecule has 0 spiro atoms. The Morgan fingerprint density at radius 2 is 2.05 bits per heavy atom. The van der Waals surface area contributed by atoms with Gasteiger partial charge in [-0.2, -0.15) is 0 Å². The van der Waals surface area contributed by atoms with E-state index in [9.17, 15) is 5.11 Å². The van der Waals surface area contributed by atoms with Crippen molar-refractivity contribution in [2.75, 3.05) is 19.8 Å². The summed E-state index contributed by atoms with van der Waals surface area (Å²) >= 11 is 0. The largest absolute Gasteiger partial charge is 0.380 e. The van der Waals surface area contributed by atoms with Crippen LogP contribution in [-0.2, 0) is 21.8 Å². The van der Waals surface area contributed by atoms with E-state index in [0.717, 1.165) is 17.7 Å². The Labute approximate surface area is 132 Å². The van der Waals surface area contributed by atoms with Crippen LogP contribution in [0, 0.1) is 0 Å². The van der Waals surface area contributed by atoms with Crippen LogP contribution < -0.4 is 0 Å². The zero-order valence-corrected chi connectivity index (χ0v) is 14.6. The lowest BCUT2D eigenvalue weighted by Crippen LogP contribution is -2.46. The van der Waals surface area contributed by atoms with Crippen molar-refractivity contribution in [3.63, 3.8) is 0 Å². The summed E-state index contributed by atoms with van der Waals surface area (Å²) in [5, 5.41) is 11.6. The van der Waals surface area contributed by atoms with Crippen LogP contribution in [0.1, 0.15) is 5.56 Å². The molecule has 3 rings (SSSR count). The van der Waals surface area contributed by atoms with E-state index in [1.54, 1.807) is 0 Å². The van der Waals surface area contributed by atoms with Crippen molar-refractivity contribution in [1.29, 1.82) is 0 Å². The van der Waals surface area contributed by atoms with E-state index in [-0.39, 0.29) is 0 Å². The Balaban J connectivity index is 1.71. The van der Waals surface area contributed by atoms with Gasteiger partial charge in [-0.3, -0.25) is 0 Å². The highest BCUT2D eigenvalue weighted by molar-refractivity contribution is 6.76. The first-order valence-corrected chi connectivity index (χ1v) is 11.6. The molecular weight excluding hydrogens is 294 g/mol. The average molecular weight is 319 g/mol. The maximum atomic E-state index is 10.4. The van der Waals surface area contributed by atoms with Crippen molar-refractivity contribution in [2.24, 2.45) is 0 Å². The van der Waals surface area contributed by atoms with Crippen LogP contribution in [-0.4, -0.2) is 37.6 Å². The highest BCUT2D eigenvalue weighted by atomic mass is 28.3. The molecule has 0 unspecified atom stereocenters. The Kier molecular flexibility index (Phi) is 4.16. The van der Waals surface area contributed by atoms with Crippen LogP contribution in [0.15, 0.2) is 30.5 Å². The number of hydrogen-bond donors (Lipinski definition) is 1. The Morgan fingerprint density at radius 3 is 2.68 bits per heavy atom. The van der Waals surface area contributed by atoms with Crippen LogP contribution >= 0.6 is 0 Å². The van der Waals surface area contributed by atoms with Crippen molar-refractivity contribution >= 4 is 19.0 Å². The molecule has 4 nitrogen and oxygen atoms in total. The van der Waals surface area contributed by atoms with E-state index < -0.39 is 13.7 Å². The number of aliphatic hydroxyl groups is 1. The Bertz CT molecular complexity index is 655. The van der Waals surface area contributed by atoms with Gasteiger partial charge in [-0.05, 0) is 29.1 Å². The third-order valence-electron chi connectivity index (χ3n) is 4.22. The number of rotatable bonds is 6. The molecule has 2 heterocycles. The minimum Gasteiger partial charge on any atom is -0.380 e. The normalized spacial score (nSPS) is 17.6. The van der Waals surface area contributed by atoms with Crippen LogP contribution in [0.5, 0.6) is 0 Å². The van der Waals surface area contributed by atoms with Gasteiger partial charge in [0, 0.05) is 20.9 Å². The maximum Gasteiger partial charge on any atom is 0.136 e. The number of aromatic nitrogens is 1. The van der Waals surface area contributed by atoms with Gasteiger partial charge < -0.3 is 19.1 Å². The third kappa shape index (κ3) is 3.27. The summed E-state index contributed by atoms with van der Waals surface area (Å²) in [6.45, 7) is 9.20. The predicted octanol–water partition coefficient (Wildman–Crippen LogP) is 3.17. The topological polar surface area (TPSA) is 43.6 Å². The summed E-state index contributed by atoms with van der Waals surface area (Å²) in [5.74, 6) is 0. The number of fused-ring (bicyclic) bond motifs is 1. The molecule has 0 bridgehead atoms. The van der Waals surface area contributed by atoms with Gasteiger partial charge in [-0.1, -0.05) is 31.8 Å². The molecule has 0 aliphatic carbocycles. The summed E-state index contributed by atoms with van der Waals surface area (Å²) in [4.78, 5) is 0. The van der Waals surface area contributed by atoms with Crippen LogP contribution in [0.25, 0.3) is 10.9 Å². The number of nitrogens with zero attached hydrogens (tertiary/aromatic N) is 1. The number of ether oxygens (including phenoxy) is 2. The summed E-state index contributed by atoms with van der Waals surface area (Å²) < 4.78 is 13.1. The third-order valence-corrected chi connectivity index (χ3v) is 5.92. The highest BCUT2D eigenvalue weighted by Crippen LogP contribution is 2.31. The highest BCUT2D eigenvalue weighted by Gasteiger charge is 2.38. The lowest BCUT2D eigenvalue weighted by Gasteiger charge is -2.36. The van der Waals surface area contributed by atoms with E-state index in [4.69, 9.17) is 9.47 Å². The molecule has 2 aromatic rings. The molecule has 22 heavy (non-hydrogen) atoms. The zero-order chi connectivity index (χ0) is 15.8. The minimum atomic E-state index is -1.05. The van der Waals surface area contributed by atoms with Gasteiger partial charge in [0.2, 0.25) is 0 Å². The molecule has 1 saturated heterocycles. The van der Waals surface area contributed by atoms with Crippen molar-refractivity contribution < 1.29 is 14.6 Å². The summed E-state index contributed by atoms with van der Waals surface area (Å²) in [6.07, 6.45) is 2.05. The molecule has 0 atom stereocenters. The predicted molar refractivity (Wildman–Crippen MR) is 90.8 cm³/mol. The molecule has 1 aromatic carbocycles. The molecule has 0 radical (unpaired) electrons. The van der Waals surface area contributed by atoms with Crippen molar-refractivity contribution in [1.82, 2.24) is 4.57 Å². The fourth-order valence-electron chi connectivity index (χ4n) is 2.59. The number of hydrogen-bond acceptors (Lipinski definition) is 3.